The van der Waals surface area contributed by atoms with Crippen molar-refractivity contribution in [3.63, 3.8) is 0 Å². The van der Waals surface area contributed by atoms with E-state index in [-0.39, 0.29) is 12.5 Å². The van der Waals surface area contributed by atoms with E-state index in [9.17, 15) is 4.79 Å². The Bertz CT molecular complexity index is 1250. The van der Waals surface area contributed by atoms with E-state index >= 15 is 0 Å². The van der Waals surface area contributed by atoms with Gasteiger partial charge < -0.3 is 14.8 Å². The Hall–Kier alpha value is -3.87. The predicted octanol–water partition coefficient (Wildman–Crippen LogP) is 4.63. The van der Waals surface area contributed by atoms with Gasteiger partial charge in [-0.15, -0.1) is 0 Å². The minimum atomic E-state index is -0.269. The molecule has 0 radical (unpaired) electrons. The summed E-state index contributed by atoms with van der Waals surface area (Å²) in [6.45, 7) is 5.94. The third-order valence-corrected chi connectivity index (χ3v) is 5.30. The van der Waals surface area contributed by atoms with E-state index in [4.69, 9.17) is 14.6 Å². The summed E-state index contributed by atoms with van der Waals surface area (Å²) in [5, 5.41) is 8.48. The Morgan fingerprint density at radius 2 is 1.78 bits per heavy atom. The minimum absolute atomic E-state index is 0.151. The van der Waals surface area contributed by atoms with Crippen LogP contribution in [-0.2, 0) is 11.2 Å². The fourth-order valence-corrected chi connectivity index (χ4v) is 3.61. The number of anilines is 1. The molecule has 0 saturated heterocycles. The van der Waals surface area contributed by atoms with Gasteiger partial charge in [0.25, 0.3) is 5.91 Å². The monoisotopic (exact) mass is 430 g/mol. The van der Waals surface area contributed by atoms with Crippen molar-refractivity contribution in [3.8, 4) is 17.3 Å². The SMILES string of the molecule is CCc1ccc(-n2nc(C)c3c(C)cc(OCC(=O)Nc4ccc(OC)cc4)nc32)cc1. The molecule has 1 N–H and O–H groups in total. The Kier molecular flexibility index (Phi) is 6.07. The van der Waals surface area contributed by atoms with Gasteiger partial charge in [0, 0.05) is 17.1 Å². The van der Waals surface area contributed by atoms with E-state index in [0.717, 1.165) is 34.5 Å². The summed E-state index contributed by atoms with van der Waals surface area (Å²) in [5.74, 6) is 0.837. The quantitative estimate of drug-likeness (QED) is 0.463. The third-order valence-electron chi connectivity index (χ3n) is 5.30. The number of nitrogens with one attached hydrogen (secondary N) is 1. The number of carbonyl (C=O) groups is 1. The van der Waals surface area contributed by atoms with Gasteiger partial charge >= 0.3 is 0 Å². The summed E-state index contributed by atoms with van der Waals surface area (Å²) >= 11 is 0. The number of amides is 1. The Labute approximate surface area is 187 Å². The summed E-state index contributed by atoms with van der Waals surface area (Å²) in [7, 11) is 1.60. The lowest BCUT2D eigenvalue weighted by atomic mass is 10.1. The minimum Gasteiger partial charge on any atom is -0.497 e. The van der Waals surface area contributed by atoms with Crippen molar-refractivity contribution in [2.45, 2.75) is 27.2 Å². The highest BCUT2D eigenvalue weighted by Gasteiger charge is 2.15. The molecule has 164 valence electrons. The van der Waals surface area contributed by atoms with Gasteiger partial charge in [-0.2, -0.15) is 10.1 Å². The summed E-state index contributed by atoms with van der Waals surface area (Å²) in [5.41, 5.74) is 5.46. The average molecular weight is 431 g/mol. The molecular formula is C25H26N4O3. The zero-order valence-corrected chi connectivity index (χ0v) is 18.7. The lowest BCUT2D eigenvalue weighted by Gasteiger charge is -2.10. The van der Waals surface area contributed by atoms with E-state index in [0.29, 0.717) is 17.2 Å². The van der Waals surface area contributed by atoms with Crippen molar-refractivity contribution < 1.29 is 14.3 Å². The second-order valence-corrected chi connectivity index (χ2v) is 7.56. The fraction of sp³-hybridized carbons (Fsp3) is 0.240. The molecule has 0 spiro atoms. The van der Waals surface area contributed by atoms with Gasteiger partial charge in [0.1, 0.15) is 5.75 Å². The molecule has 0 unspecified atom stereocenters. The Balaban J connectivity index is 1.54. The molecule has 2 aromatic heterocycles. The number of hydrogen-bond donors (Lipinski definition) is 1. The number of methoxy groups -OCH3 is 1. The lowest BCUT2D eigenvalue weighted by molar-refractivity contribution is -0.118. The molecule has 0 aliphatic rings. The van der Waals surface area contributed by atoms with E-state index < -0.39 is 0 Å². The zero-order chi connectivity index (χ0) is 22.7. The highest BCUT2D eigenvalue weighted by Crippen LogP contribution is 2.27. The first-order chi connectivity index (χ1) is 15.5. The number of hydrogen-bond acceptors (Lipinski definition) is 5. The van der Waals surface area contributed by atoms with Crippen LogP contribution in [0.4, 0.5) is 5.69 Å². The number of carbonyl (C=O) groups excluding carboxylic acids is 1. The van der Waals surface area contributed by atoms with E-state index in [1.807, 2.05) is 36.7 Å². The van der Waals surface area contributed by atoms with Gasteiger partial charge in [-0.25, -0.2) is 4.68 Å². The topological polar surface area (TPSA) is 78.3 Å². The first-order valence-corrected chi connectivity index (χ1v) is 10.5. The highest BCUT2D eigenvalue weighted by molar-refractivity contribution is 5.92. The first kappa shape index (κ1) is 21.4. The highest BCUT2D eigenvalue weighted by atomic mass is 16.5. The molecule has 0 aliphatic heterocycles. The summed E-state index contributed by atoms with van der Waals surface area (Å²) in [6.07, 6.45) is 0.979. The van der Waals surface area contributed by atoms with Gasteiger partial charge in [0.05, 0.1) is 18.5 Å². The smallest absolute Gasteiger partial charge is 0.262 e. The number of aromatic nitrogens is 3. The molecule has 0 saturated carbocycles. The van der Waals surface area contributed by atoms with Crippen LogP contribution in [0, 0.1) is 13.8 Å². The molecule has 0 aliphatic carbocycles. The van der Waals surface area contributed by atoms with Crippen LogP contribution in [0.1, 0.15) is 23.7 Å². The van der Waals surface area contributed by atoms with Crippen molar-refractivity contribution in [2.24, 2.45) is 0 Å². The molecular weight excluding hydrogens is 404 g/mol. The van der Waals surface area contributed by atoms with Crippen LogP contribution >= 0.6 is 0 Å². The average Bonchev–Trinajstić information content (AvgIpc) is 3.15. The van der Waals surface area contributed by atoms with E-state index in [1.165, 1.54) is 5.56 Å². The molecule has 1 amide bonds. The molecule has 0 atom stereocenters. The molecule has 7 heteroatoms. The van der Waals surface area contributed by atoms with Crippen LogP contribution in [0.5, 0.6) is 11.6 Å². The molecule has 4 aromatic rings. The number of pyridine rings is 1. The lowest BCUT2D eigenvalue weighted by Crippen LogP contribution is -2.20. The summed E-state index contributed by atoms with van der Waals surface area (Å²) in [4.78, 5) is 17.0. The van der Waals surface area contributed by atoms with E-state index in [1.54, 1.807) is 31.4 Å². The fourth-order valence-electron chi connectivity index (χ4n) is 3.61. The van der Waals surface area contributed by atoms with Crippen molar-refractivity contribution in [1.82, 2.24) is 14.8 Å². The van der Waals surface area contributed by atoms with Crippen molar-refractivity contribution in [2.75, 3.05) is 19.0 Å². The molecule has 2 aromatic carbocycles. The molecule has 0 bridgehead atoms. The van der Waals surface area contributed by atoms with Crippen LogP contribution in [-0.4, -0.2) is 34.4 Å². The maximum atomic E-state index is 12.3. The third kappa shape index (κ3) is 4.42. The number of benzene rings is 2. The summed E-state index contributed by atoms with van der Waals surface area (Å²) < 4.78 is 12.7. The molecule has 0 fully saturated rings. The number of ether oxygens (including phenoxy) is 2. The number of rotatable bonds is 7. The van der Waals surface area contributed by atoms with Crippen LogP contribution < -0.4 is 14.8 Å². The van der Waals surface area contributed by atoms with Crippen molar-refractivity contribution in [1.29, 1.82) is 0 Å². The predicted molar refractivity (Wildman–Crippen MR) is 125 cm³/mol. The first-order valence-electron chi connectivity index (χ1n) is 10.5. The number of aryl methyl sites for hydroxylation is 3. The van der Waals surface area contributed by atoms with Gasteiger partial charge in [-0.05, 0) is 67.8 Å². The Morgan fingerprint density at radius 3 is 2.44 bits per heavy atom. The van der Waals surface area contributed by atoms with Gasteiger partial charge in [0.2, 0.25) is 5.88 Å². The maximum absolute atomic E-state index is 12.3. The molecule has 32 heavy (non-hydrogen) atoms. The Morgan fingerprint density at radius 1 is 1.06 bits per heavy atom. The van der Waals surface area contributed by atoms with Crippen LogP contribution in [0.2, 0.25) is 0 Å². The van der Waals surface area contributed by atoms with Crippen molar-refractivity contribution in [3.05, 3.63) is 71.4 Å². The second kappa shape index (κ2) is 9.09. The largest absolute Gasteiger partial charge is 0.497 e. The van der Waals surface area contributed by atoms with Crippen LogP contribution in [0.3, 0.4) is 0 Å². The molecule has 2 heterocycles. The van der Waals surface area contributed by atoms with Gasteiger partial charge in [-0.1, -0.05) is 19.1 Å². The van der Waals surface area contributed by atoms with Gasteiger partial charge in [0.15, 0.2) is 12.3 Å². The number of nitrogens with zero attached hydrogens (tertiary/aromatic N) is 3. The summed E-state index contributed by atoms with van der Waals surface area (Å²) in [6, 6.07) is 17.2. The normalized spacial score (nSPS) is 10.9. The maximum Gasteiger partial charge on any atom is 0.262 e. The van der Waals surface area contributed by atoms with Crippen LogP contribution in [0.15, 0.2) is 54.6 Å². The number of fused-ring (bicyclic) bond motifs is 1. The van der Waals surface area contributed by atoms with Crippen molar-refractivity contribution >= 4 is 22.6 Å². The standard InChI is InChI=1S/C25H26N4O3/c1-5-18-6-10-20(11-7-18)29-25-24(17(3)28-29)16(2)14-23(27-25)32-15-22(30)26-19-8-12-21(31-4)13-9-19/h6-14H,5,15H2,1-4H3,(H,26,30). The molecule has 7 nitrogen and oxygen atoms in total. The van der Waals surface area contributed by atoms with E-state index in [2.05, 4.69) is 29.4 Å². The van der Waals surface area contributed by atoms with Gasteiger partial charge in [-0.3, -0.25) is 4.79 Å². The molecule has 4 rings (SSSR count). The van der Waals surface area contributed by atoms with Crippen LogP contribution in [0.25, 0.3) is 16.7 Å². The zero-order valence-electron chi connectivity index (χ0n) is 18.7. The second-order valence-electron chi connectivity index (χ2n) is 7.56.